The van der Waals surface area contributed by atoms with E-state index in [1.165, 1.54) is 0 Å². The Morgan fingerprint density at radius 2 is 1.89 bits per heavy atom. The molecule has 1 amide bonds. The summed E-state index contributed by atoms with van der Waals surface area (Å²) in [7, 11) is 0. The van der Waals surface area contributed by atoms with Crippen molar-refractivity contribution in [1.29, 1.82) is 0 Å². The van der Waals surface area contributed by atoms with Crippen molar-refractivity contribution < 1.29 is 44.3 Å². The fraction of sp³-hybridized carbons (Fsp3) is 0.421. The number of aliphatic carboxylic acids is 1. The van der Waals surface area contributed by atoms with Crippen molar-refractivity contribution in [3.05, 3.63) is 54.4 Å². The van der Waals surface area contributed by atoms with Crippen LogP contribution in [0.1, 0.15) is 24.8 Å². The van der Waals surface area contributed by atoms with Crippen LogP contribution in [0.4, 0.5) is 0 Å². The number of carboxylic acids is 1. The van der Waals surface area contributed by atoms with Gasteiger partial charge in [-0.1, -0.05) is 30.3 Å². The van der Waals surface area contributed by atoms with Gasteiger partial charge in [0, 0.05) is 32.0 Å². The molecule has 7 nitrogen and oxygen atoms in total. The number of rotatable bonds is 8. The number of aryl methyl sites for hydroxylation is 1. The summed E-state index contributed by atoms with van der Waals surface area (Å²) in [6, 6.07) is 10.3. The van der Waals surface area contributed by atoms with E-state index in [1.807, 2.05) is 47.3 Å². The summed E-state index contributed by atoms with van der Waals surface area (Å²) in [4.78, 5) is 25.8. The predicted molar refractivity (Wildman–Crippen MR) is 93.7 cm³/mol. The van der Waals surface area contributed by atoms with Crippen LogP contribution in [-0.4, -0.2) is 45.2 Å². The molecule has 138 valence electrons. The van der Waals surface area contributed by atoms with Crippen molar-refractivity contribution in [2.75, 3.05) is 6.54 Å². The maximum Gasteiger partial charge on any atom is 1.00 e. The Hall–Kier alpha value is -1.67. The molecule has 2 aromatic rings. The average molecular weight is 378 g/mol. The quantitative estimate of drug-likeness (QED) is 0.395. The predicted octanol–water partition coefficient (Wildman–Crippen LogP) is -2.82. The summed E-state index contributed by atoms with van der Waals surface area (Å²) in [6.07, 6.45) is 5.32. The van der Waals surface area contributed by atoms with E-state index in [1.54, 1.807) is 11.1 Å². The zero-order chi connectivity index (χ0) is 18.4. The Labute approximate surface area is 181 Å². The van der Waals surface area contributed by atoms with Crippen LogP contribution >= 0.6 is 0 Å². The number of amides is 1. The van der Waals surface area contributed by atoms with E-state index in [4.69, 9.17) is 0 Å². The van der Waals surface area contributed by atoms with E-state index >= 15 is 0 Å². The molecule has 1 aliphatic rings. The molecule has 1 aromatic heterocycles. The number of aromatic nitrogens is 2. The van der Waals surface area contributed by atoms with Crippen LogP contribution in [-0.2, 0) is 22.7 Å². The summed E-state index contributed by atoms with van der Waals surface area (Å²) in [5.41, 5.74) is 0.983. The minimum Gasteiger partial charge on any atom is -0.548 e. The van der Waals surface area contributed by atoms with E-state index in [-0.39, 0.29) is 35.5 Å². The number of carbonyl (C=O) groups is 2. The molecule has 8 heteroatoms. The molecule has 1 N–H and O–H groups in total. The van der Waals surface area contributed by atoms with Crippen molar-refractivity contribution in [1.82, 2.24) is 20.0 Å². The van der Waals surface area contributed by atoms with Crippen LogP contribution in [0, 0.1) is 0 Å². The Bertz CT molecular complexity index is 724. The van der Waals surface area contributed by atoms with Gasteiger partial charge in [0.2, 0.25) is 5.91 Å². The van der Waals surface area contributed by atoms with Gasteiger partial charge in [0.15, 0.2) is 0 Å². The molecular formula is C19H23N4NaO3. The number of nitrogens with zero attached hydrogens (tertiary/aromatic N) is 3. The van der Waals surface area contributed by atoms with Gasteiger partial charge in [0.05, 0.1) is 18.1 Å². The molecule has 3 rings (SSSR count). The van der Waals surface area contributed by atoms with Crippen molar-refractivity contribution >= 4 is 11.9 Å². The Kier molecular flexibility index (Phi) is 8.50. The molecule has 27 heavy (non-hydrogen) atoms. The second-order valence-corrected chi connectivity index (χ2v) is 6.50. The summed E-state index contributed by atoms with van der Waals surface area (Å²) in [5, 5.41) is 18.5. The summed E-state index contributed by atoms with van der Waals surface area (Å²) >= 11 is 0. The van der Waals surface area contributed by atoms with Crippen LogP contribution in [0.2, 0.25) is 0 Å². The summed E-state index contributed by atoms with van der Waals surface area (Å²) in [6.45, 7) is 1.68. The molecule has 0 bridgehead atoms. The number of likely N-dealkylation sites (tertiary alicyclic amines) is 1. The molecule has 2 unspecified atom stereocenters. The van der Waals surface area contributed by atoms with E-state index in [2.05, 4.69) is 10.4 Å². The fourth-order valence-corrected chi connectivity index (χ4v) is 3.42. The molecule has 1 aliphatic heterocycles. The monoisotopic (exact) mass is 378 g/mol. The third-order valence-corrected chi connectivity index (χ3v) is 4.72. The third kappa shape index (κ3) is 5.90. The first-order chi connectivity index (χ1) is 12.6. The number of carbonyl (C=O) groups excluding carboxylic acids is 2. The normalized spacial score (nSPS) is 19.4. The third-order valence-electron chi connectivity index (χ3n) is 4.72. The Balaban J connectivity index is 0.00000261. The fourth-order valence-electron chi connectivity index (χ4n) is 3.42. The number of hydrogen-bond donors (Lipinski definition) is 1. The molecule has 0 radical (unpaired) electrons. The van der Waals surface area contributed by atoms with Gasteiger partial charge in [-0.05, 0) is 30.9 Å². The van der Waals surface area contributed by atoms with E-state index < -0.39 is 18.1 Å². The van der Waals surface area contributed by atoms with Crippen molar-refractivity contribution in [3.63, 3.8) is 0 Å². The average Bonchev–Trinajstić information content (AvgIpc) is 3.29. The van der Waals surface area contributed by atoms with Crippen LogP contribution in [0.5, 0.6) is 0 Å². The maximum atomic E-state index is 12.6. The van der Waals surface area contributed by atoms with Gasteiger partial charge < -0.3 is 15.2 Å². The van der Waals surface area contributed by atoms with Crippen LogP contribution < -0.4 is 40.0 Å². The molecule has 1 saturated heterocycles. The molecule has 2 atom stereocenters. The number of hydrogen-bond acceptors (Lipinski definition) is 5. The summed E-state index contributed by atoms with van der Waals surface area (Å²) < 4.78 is 1.82. The van der Waals surface area contributed by atoms with Crippen LogP contribution in [0.3, 0.4) is 0 Å². The summed E-state index contributed by atoms with van der Waals surface area (Å²) in [5.74, 6) is -1.24. The van der Waals surface area contributed by atoms with Gasteiger partial charge in [-0.25, -0.2) is 0 Å². The first-order valence-electron chi connectivity index (χ1n) is 8.91. The molecular weight excluding hydrogens is 355 g/mol. The van der Waals surface area contributed by atoms with Gasteiger partial charge in [0.1, 0.15) is 0 Å². The van der Waals surface area contributed by atoms with Gasteiger partial charge in [-0.3, -0.25) is 14.4 Å². The minimum atomic E-state index is -1.12. The van der Waals surface area contributed by atoms with Gasteiger partial charge in [-0.2, -0.15) is 5.10 Å². The van der Waals surface area contributed by atoms with Gasteiger partial charge >= 0.3 is 29.6 Å². The molecule has 1 fully saturated rings. The van der Waals surface area contributed by atoms with Gasteiger partial charge in [0.25, 0.3) is 0 Å². The molecule has 1 aromatic carbocycles. The van der Waals surface area contributed by atoms with Crippen LogP contribution in [0.15, 0.2) is 48.8 Å². The van der Waals surface area contributed by atoms with Crippen LogP contribution in [0.25, 0.3) is 0 Å². The Morgan fingerprint density at radius 3 is 2.56 bits per heavy atom. The van der Waals surface area contributed by atoms with E-state index in [9.17, 15) is 14.7 Å². The smallest absolute Gasteiger partial charge is 0.548 e. The second kappa shape index (κ2) is 10.6. The molecule has 0 aliphatic carbocycles. The number of carboxylic acid groups (broad SMARTS) is 1. The van der Waals surface area contributed by atoms with E-state index in [0.29, 0.717) is 25.9 Å². The zero-order valence-electron chi connectivity index (χ0n) is 15.6. The van der Waals surface area contributed by atoms with Crippen molar-refractivity contribution in [2.45, 2.75) is 44.4 Å². The molecule has 2 heterocycles. The number of benzene rings is 1. The molecule has 0 spiro atoms. The van der Waals surface area contributed by atoms with E-state index in [0.717, 1.165) is 18.5 Å². The SMILES string of the molecule is O=C([O-])C1CCC(C(=O)NCCCn2cccn2)N1Cc1ccccc1.[Na+]. The van der Waals surface area contributed by atoms with Crippen molar-refractivity contribution in [2.24, 2.45) is 0 Å². The van der Waals surface area contributed by atoms with Gasteiger partial charge in [-0.15, -0.1) is 0 Å². The second-order valence-electron chi connectivity index (χ2n) is 6.50. The standard InChI is InChI=1S/C19H24N4O3.Na/c24-18(20-10-4-12-22-13-5-11-21-22)16-8-9-17(19(25)26)23(16)14-15-6-2-1-3-7-15;/h1-3,5-7,11,13,16-17H,4,8-10,12,14H2,(H,20,24)(H,25,26);/q;+1/p-1. The first-order valence-corrected chi connectivity index (χ1v) is 8.91. The zero-order valence-corrected chi connectivity index (χ0v) is 17.6. The van der Waals surface area contributed by atoms with Crippen molar-refractivity contribution in [3.8, 4) is 0 Å². The largest absolute Gasteiger partial charge is 1.00 e. The number of nitrogens with one attached hydrogen (secondary N) is 1. The minimum absolute atomic E-state index is 0. The topological polar surface area (TPSA) is 90.3 Å². The maximum absolute atomic E-state index is 12.6. The Morgan fingerprint density at radius 1 is 1.15 bits per heavy atom. The molecule has 0 saturated carbocycles. The first kappa shape index (κ1) is 21.6.